The normalized spacial score (nSPS) is 15.6. The number of ether oxygens (including phenoxy) is 1. The fourth-order valence-electron chi connectivity index (χ4n) is 5.49. The maximum Gasteiger partial charge on any atom is 0.328 e. The Hall–Kier alpha value is -2.31. The van der Waals surface area contributed by atoms with Crippen LogP contribution in [0.15, 0.2) is 42.5 Å². The van der Waals surface area contributed by atoms with Gasteiger partial charge in [-0.2, -0.15) is 11.8 Å². The Balaban J connectivity index is 1.77. The number of benzene rings is 2. The van der Waals surface area contributed by atoms with E-state index in [0.29, 0.717) is 18.0 Å². The van der Waals surface area contributed by atoms with Crippen molar-refractivity contribution in [3.63, 3.8) is 0 Å². The molecule has 2 atom stereocenters. The average molecular weight is 539 g/mol. The number of thioether (sulfide) groups is 1. The van der Waals surface area contributed by atoms with Crippen molar-refractivity contribution in [1.82, 2.24) is 10.6 Å². The van der Waals surface area contributed by atoms with Crippen LogP contribution in [-0.4, -0.2) is 43.1 Å². The lowest BCUT2D eigenvalue weighted by molar-refractivity contribution is -0.142. The minimum Gasteiger partial charge on any atom is -0.467 e. The van der Waals surface area contributed by atoms with Crippen LogP contribution >= 0.6 is 11.8 Å². The van der Waals surface area contributed by atoms with Crippen molar-refractivity contribution >= 4 is 23.6 Å². The zero-order chi connectivity index (χ0) is 27.3. The van der Waals surface area contributed by atoms with Crippen molar-refractivity contribution in [1.29, 1.82) is 0 Å². The summed E-state index contributed by atoms with van der Waals surface area (Å²) in [5.41, 5.74) is 4.76. The van der Waals surface area contributed by atoms with E-state index in [-0.39, 0.29) is 5.91 Å². The molecule has 2 N–H and O–H groups in total. The van der Waals surface area contributed by atoms with Crippen LogP contribution in [0.2, 0.25) is 0 Å². The molecule has 1 aliphatic rings. The standard InChI is InChI=1S/C32H46N2O3S/c1-5-26(17-15-24-12-7-6-8-13-24)33-22-25-16-18-28(29(21-25)27-14-10-9-11-23(27)2)31(35)34-30(19-20-38-4)32(36)37-3/h9-11,14,16,18,21,24,26,30,33H,5-8,12-13,15,17,19-20,22H2,1-4H3,(H,34,35). The summed E-state index contributed by atoms with van der Waals surface area (Å²) in [5.74, 6) is 0.992. The van der Waals surface area contributed by atoms with E-state index < -0.39 is 12.0 Å². The predicted molar refractivity (Wildman–Crippen MR) is 160 cm³/mol. The molecule has 208 valence electrons. The molecule has 1 saturated carbocycles. The van der Waals surface area contributed by atoms with Gasteiger partial charge in [-0.3, -0.25) is 4.79 Å². The number of carbonyl (C=O) groups excluding carboxylic acids is 2. The Kier molecular flexibility index (Phi) is 12.7. The van der Waals surface area contributed by atoms with Gasteiger partial charge in [0.25, 0.3) is 5.91 Å². The molecule has 3 rings (SSSR count). The fraction of sp³-hybridized carbons (Fsp3) is 0.562. The van der Waals surface area contributed by atoms with Gasteiger partial charge < -0.3 is 15.4 Å². The minimum absolute atomic E-state index is 0.252. The van der Waals surface area contributed by atoms with Crippen molar-refractivity contribution in [2.24, 2.45) is 5.92 Å². The number of amides is 1. The second-order valence-electron chi connectivity index (χ2n) is 10.6. The number of hydrogen-bond donors (Lipinski definition) is 2. The summed E-state index contributed by atoms with van der Waals surface area (Å²) in [6.07, 6.45) is 13.2. The first-order valence-electron chi connectivity index (χ1n) is 14.3. The van der Waals surface area contributed by atoms with Gasteiger partial charge in [-0.25, -0.2) is 4.79 Å². The summed E-state index contributed by atoms with van der Waals surface area (Å²) in [6.45, 7) is 5.10. The first-order valence-corrected chi connectivity index (χ1v) is 15.7. The van der Waals surface area contributed by atoms with Crippen molar-refractivity contribution in [2.75, 3.05) is 19.1 Å². The zero-order valence-corrected chi connectivity index (χ0v) is 24.5. The van der Waals surface area contributed by atoms with Gasteiger partial charge in [0.2, 0.25) is 0 Å². The molecule has 0 bridgehead atoms. The van der Waals surface area contributed by atoms with Gasteiger partial charge >= 0.3 is 5.97 Å². The maximum atomic E-state index is 13.5. The van der Waals surface area contributed by atoms with Crippen LogP contribution in [0.3, 0.4) is 0 Å². The van der Waals surface area contributed by atoms with Gasteiger partial charge in [0.15, 0.2) is 0 Å². The molecule has 0 aliphatic heterocycles. The largest absolute Gasteiger partial charge is 0.467 e. The molecule has 0 heterocycles. The molecular weight excluding hydrogens is 492 g/mol. The highest BCUT2D eigenvalue weighted by Crippen LogP contribution is 2.30. The lowest BCUT2D eigenvalue weighted by atomic mass is 9.85. The van der Waals surface area contributed by atoms with E-state index in [0.717, 1.165) is 46.9 Å². The van der Waals surface area contributed by atoms with Crippen LogP contribution in [0.4, 0.5) is 0 Å². The zero-order valence-electron chi connectivity index (χ0n) is 23.7. The highest BCUT2D eigenvalue weighted by molar-refractivity contribution is 7.98. The van der Waals surface area contributed by atoms with E-state index >= 15 is 0 Å². The molecule has 0 aromatic heterocycles. The number of nitrogens with one attached hydrogen (secondary N) is 2. The molecule has 0 saturated heterocycles. The van der Waals surface area contributed by atoms with Crippen LogP contribution in [0, 0.1) is 12.8 Å². The summed E-state index contributed by atoms with van der Waals surface area (Å²) < 4.78 is 4.95. The second kappa shape index (κ2) is 15.9. The van der Waals surface area contributed by atoms with E-state index in [4.69, 9.17) is 4.74 Å². The average Bonchev–Trinajstić information content (AvgIpc) is 2.95. The molecule has 0 spiro atoms. The van der Waals surface area contributed by atoms with Crippen LogP contribution < -0.4 is 10.6 Å². The summed E-state index contributed by atoms with van der Waals surface area (Å²) in [6, 6.07) is 14.0. The molecule has 1 amide bonds. The number of hydrogen-bond acceptors (Lipinski definition) is 5. The van der Waals surface area contributed by atoms with Crippen molar-refractivity contribution in [2.45, 2.75) is 90.3 Å². The molecule has 38 heavy (non-hydrogen) atoms. The number of carbonyl (C=O) groups is 2. The predicted octanol–water partition coefficient (Wildman–Crippen LogP) is 6.92. The van der Waals surface area contributed by atoms with E-state index in [1.165, 1.54) is 52.1 Å². The van der Waals surface area contributed by atoms with Crippen LogP contribution in [0.1, 0.15) is 86.2 Å². The SMILES string of the molecule is CCC(CCC1CCCCC1)NCc1ccc(C(=O)NC(CCSC)C(=O)OC)c(-c2ccccc2C)c1. The first kappa shape index (κ1) is 30.2. The number of esters is 1. The first-order chi connectivity index (χ1) is 18.5. The quantitative estimate of drug-likeness (QED) is 0.256. The Morgan fingerprint density at radius 1 is 1.05 bits per heavy atom. The minimum atomic E-state index is -0.666. The number of rotatable bonds is 14. The van der Waals surface area contributed by atoms with Crippen LogP contribution in [-0.2, 0) is 16.1 Å². The Morgan fingerprint density at radius 3 is 2.50 bits per heavy atom. The van der Waals surface area contributed by atoms with E-state index in [9.17, 15) is 9.59 Å². The maximum absolute atomic E-state index is 13.5. The van der Waals surface area contributed by atoms with Crippen molar-refractivity contribution < 1.29 is 14.3 Å². The van der Waals surface area contributed by atoms with Gasteiger partial charge in [-0.1, -0.05) is 69.4 Å². The van der Waals surface area contributed by atoms with Crippen molar-refractivity contribution in [3.05, 3.63) is 59.2 Å². The third kappa shape index (κ3) is 8.88. The van der Waals surface area contributed by atoms with E-state index in [2.05, 4.69) is 42.7 Å². The Labute approximate surface area is 233 Å². The molecule has 2 aromatic carbocycles. The molecule has 6 heteroatoms. The number of methoxy groups -OCH3 is 1. The number of aryl methyl sites for hydroxylation is 1. The lowest BCUT2D eigenvalue weighted by Crippen LogP contribution is -2.42. The molecule has 1 fully saturated rings. The molecule has 5 nitrogen and oxygen atoms in total. The highest BCUT2D eigenvalue weighted by Gasteiger charge is 2.24. The molecule has 1 aliphatic carbocycles. The van der Waals surface area contributed by atoms with E-state index in [1.807, 2.05) is 30.5 Å². The van der Waals surface area contributed by atoms with Crippen LogP contribution in [0.5, 0.6) is 0 Å². The Bertz CT molecular complexity index is 1040. The molecule has 2 aromatic rings. The third-order valence-electron chi connectivity index (χ3n) is 7.90. The highest BCUT2D eigenvalue weighted by atomic mass is 32.2. The Morgan fingerprint density at radius 2 is 1.82 bits per heavy atom. The molecule has 0 radical (unpaired) electrons. The summed E-state index contributed by atoms with van der Waals surface area (Å²) in [4.78, 5) is 25.8. The smallest absolute Gasteiger partial charge is 0.328 e. The molecular formula is C32H46N2O3S. The van der Waals surface area contributed by atoms with Gasteiger partial charge in [0, 0.05) is 18.2 Å². The summed E-state index contributed by atoms with van der Waals surface area (Å²) in [7, 11) is 1.36. The van der Waals surface area contributed by atoms with Gasteiger partial charge in [0.05, 0.1) is 7.11 Å². The summed E-state index contributed by atoms with van der Waals surface area (Å²) >= 11 is 1.64. The van der Waals surface area contributed by atoms with Gasteiger partial charge in [-0.15, -0.1) is 0 Å². The lowest BCUT2D eigenvalue weighted by Gasteiger charge is -2.24. The van der Waals surface area contributed by atoms with Crippen LogP contribution in [0.25, 0.3) is 11.1 Å². The monoisotopic (exact) mass is 538 g/mol. The topological polar surface area (TPSA) is 67.4 Å². The second-order valence-corrected chi connectivity index (χ2v) is 11.6. The van der Waals surface area contributed by atoms with Gasteiger partial charge in [-0.05, 0) is 84.9 Å². The third-order valence-corrected chi connectivity index (χ3v) is 8.55. The van der Waals surface area contributed by atoms with E-state index in [1.54, 1.807) is 11.8 Å². The van der Waals surface area contributed by atoms with Crippen molar-refractivity contribution in [3.8, 4) is 11.1 Å². The van der Waals surface area contributed by atoms with Gasteiger partial charge in [0.1, 0.15) is 6.04 Å². The summed E-state index contributed by atoms with van der Waals surface area (Å²) in [5, 5.41) is 6.71. The fourth-order valence-corrected chi connectivity index (χ4v) is 5.96. The molecule has 2 unspecified atom stereocenters.